The summed E-state index contributed by atoms with van der Waals surface area (Å²) in [5.41, 5.74) is 0.414. The number of nitrogens with zero attached hydrogens (tertiary/aromatic N) is 1. The number of carbonyl (C=O) groups excluding carboxylic acids is 2. The first-order valence-corrected chi connectivity index (χ1v) is 8.28. The van der Waals surface area contributed by atoms with Crippen molar-refractivity contribution in [2.45, 2.75) is 30.5 Å². The van der Waals surface area contributed by atoms with Gasteiger partial charge in [-0.2, -0.15) is 0 Å². The fourth-order valence-corrected chi connectivity index (χ4v) is 3.40. The van der Waals surface area contributed by atoms with E-state index in [1.807, 2.05) is 6.07 Å². The van der Waals surface area contributed by atoms with E-state index in [4.69, 9.17) is 21.1 Å². The summed E-state index contributed by atoms with van der Waals surface area (Å²) >= 11 is 6.26. The third kappa shape index (κ3) is 3.14. The molecule has 7 heteroatoms. The fraction of sp³-hybridized carbons (Fsp3) is 0.529. The summed E-state index contributed by atoms with van der Waals surface area (Å²) in [6.07, 6.45) is 1.000. The summed E-state index contributed by atoms with van der Waals surface area (Å²) in [6.45, 7) is 0.355. The minimum absolute atomic E-state index is 0.136. The molecule has 2 amide bonds. The Balaban J connectivity index is 1.85. The van der Waals surface area contributed by atoms with Gasteiger partial charge in [-0.1, -0.05) is 29.8 Å². The van der Waals surface area contributed by atoms with Crippen molar-refractivity contribution in [3.8, 4) is 0 Å². The molecule has 6 nitrogen and oxygen atoms in total. The average Bonchev–Trinajstić information content (AvgIpc) is 3.35. The van der Waals surface area contributed by atoms with Gasteiger partial charge >= 0.3 is 0 Å². The van der Waals surface area contributed by atoms with Gasteiger partial charge in [-0.05, 0) is 24.5 Å². The summed E-state index contributed by atoms with van der Waals surface area (Å²) in [5.74, 6) is -0.431. The van der Waals surface area contributed by atoms with Crippen LogP contribution in [0.4, 0.5) is 0 Å². The Morgan fingerprint density at radius 1 is 1.46 bits per heavy atom. The highest BCUT2D eigenvalue weighted by molar-refractivity contribution is 6.31. The Kier molecular flexibility index (Phi) is 4.80. The van der Waals surface area contributed by atoms with Gasteiger partial charge in [0.25, 0.3) is 5.91 Å². The molecule has 2 atom stereocenters. The number of nitrogens with one attached hydrogen (secondary N) is 1. The second kappa shape index (κ2) is 6.70. The zero-order valence-corrected chi connectivity index (χ0v) is 14.5. The number of rotatable bonds is 5. The largest absolute Gasteiger partial charge is 0.382 e. The summed E-state index contributed by atoms with van der Waals surface area (Å²) in [5, 5.41) is 3.33. The Morgan fingerprint density at radius 2 is 2.17 bits per heavy atom. The first-order chi connectivity index (χ1) is 11.5. The number of hydrogen-bond donors (Lipinski definition) is 1. The molecule has 0 radical (unpaired) electrons. The lowest BCUT2D eigenvalue weighted by atomic mass is 9.98. The molecule has 2 aliphatic rings. The number of hydrogen-bond acceptors (Lipinski definition) is 4. The molecule has 1 aromatic carbocycles. The maximum absolute atomic E-state index is 13.0. The number of carbonyl (C=O) groups is 2. The lowest BCUT2D eigenvalue weighted by molar-refractivity contribution is -0.157. The van der Waals surface area contributed by atoms with E-state index in [2.05, 4.69) is 5.32 Å². The zero-order chi connectivity index (χ0) is 17.3. The molecule has 1 saturated heterocycles. The van der Waals surface area contributed by atoms with Crippen molar-refractivity contribution < 1.29 is 19.1 Å². The third-order valence-corrected chi connectivity index (χ3v) is 5.12. The van der Waals surface area contributed by atoms with Crippen LogP contribution in [0.3, 0.4) is 0 Å². The SMILES string of the molecule is COCC1(N(C)C(=O)[C@H]2OCC(=O)N[C@@H]2c2ccccc2Cl)CC1. The van der Waals surface area contributed by atoms with Crippen LogP contribution in [0.1, 0.15) is 24.4 Å². The van der Waals surface area contributed by atoms with Crippen molar-refractivity contribution in [1.82, 2.24) is 10.2 Å². The van der Waals surface area contributed by atoms with Gasteiger partial charge in [0.05, 0.1) is 18.2 Å². The van der Waals surface area contributed by atoms with Gasteiger partial charge in [0.15, 0.2) is 6.10 Å². The van der Waals surface area contributed by atoms with Crippen LogP contribution >= 0.6 is 11.6 Å². The highest BCUT2D eigenvalue weighted by Crippen LogP contribution is 2.42. The van der Waals surface area contributed by atoms with Crippen molar-refractivity contribution in [1.29, 1.82) is 0 Å². The van der Waals surface area contributed by atoms with Gasteiger partial charge in [-0.15, -0.1) is 0 Å². The number of likely N-dealkylation sites (N-methyl/N-ethyl adjacent to an activating group) is 1. The summed E-state index contributed by atoms with van der Waals surface area (Å²) in [4.78, 5) is 26.5. The molecule has 1 saturated carbocycles. The molecular weight excluding hydrogens is 332 g/mol. The summed E-state index contributed by atoms with van der Waals surface area (Å²) in [7, 11) is 3.39. The Bertz CT molecular complexity index is 647. The van der Waals surface area contributed by atoms with Crippen LogP contribution in [0.25, 0.3) is 0 Å². The first-order valence-electron chi connectivity index (χ1n) is 7.90. The second-order valence-electron chi connectivity index (χ2n) is 6.35. The maximum Gasteiger partial charge on any atom is 0.254 e. The van der Waals surface area contributed by atoms with E-state index in [0.717, 1.165) is 12.8 Å². The van der Waals surface area contributed by atoms with Crippen LogP contribution in [0.15, 0.2) is 24.3 Å². The lowest BCUT2D eigenvalue weighted by Crippen LogP contribution is -2.55. The van der Waals surface area contributed by atoms with Crippen LogP contribution in [0, 0.1) is 0 Å². The third-order valence-electron chi connectivity index (χ3n) is 4.78. The molecule has 130 valence electrons. The Morgan fingerprint density at radius 3 is 2.79 bits per heavy atom. The van der Waals surface area contributed by atoms with Crippen LogP contribution in [-0.4, -0.2) is 55.7 Å². The van der Waals surface area contributed by atoms with Crippen molar-refractivity contribution in [3.05, 3.63) is 34.9 Å². The zero-order valence-electron chi connectivity index (χ0n) is 13.8. The molecule has 0 unspecified atom stereocenters. The van der Waals surface area contributed by atoms with E-state index in [1.165, 1.54) is 0 Å². The second-order valence-corrected chi connectivity index (χ2v) is 6.76. The predicted molar refractivity (Wildman–Crippen MR) is 88.7 cm³/mol. The monoisotopic (exact) mass is 352 g/mol. The standard InChI is InChI=1S/C17H21ClN2O4/c1-20(17(7-8-17)10-23-2)16(22)15-14(19-13(21)9-24-15)11-5-3-4-6-12(11)18/h3-6,14-15H,7-10H2,1-2H3,(H,19,21)/t14-,15+/m1/s1. The van der Waals surface area contributed by atoms with Crippen molar-refractivity contribution in [2.24, 2.45) is 0 Å². The normalized spacial score (nSPS) is 25.0. The number of methoxy groups -OCH3 is 1. The molecule has 0 aromatic heterocycles. The Labute approximate surface area is 146 Å². The number of benzene rings is 1. The van der Waals surface area contributed by atoms with Gasteiger partial charge in [-0.25, -0.2) is 0 Å². The topological polar surface area (TPSA) is 67.9 Å². The average molecular weight is 353 g/mol. The Hall–Kier alpha value is -1.63. The summed E-state index contributed by atoms with van der Waals surface area (Å²) in [6, 6.07) is 6.55. The van der Waals surface area contributed by atoms with Crippen molar-refractivity contribution in [2.75, 3.05) is 27.4 Å². The highest BCUT2D eigenvalue weighted by atomic mass is 35.5. The van der Waals surface area contributed by atoms with Gasteiger partial charge in [-0.3, -0.25) is 9.59 Å². The molecular formula is C17H21ClN2O4. The molecule has 1 N–H and O–H groups in total. The summed E-state index contributed by atoms with van der Waals surface area (Å²) < 4.78 is 10.8. The number of amides is 2. The molecule has 0 spiro atoms. The van der Waals surface area contributed by atoms with Gasteiger partial charge < -0.3 is 19.7 Å². The van der Waals surface area contributed by atoms with Gasteiger partial charge in [0.1, 0.15) is 6.61 Å². The number of morpholine rings is 1. The molecule has 1 aliphatic carbocycles. The molecule has 2 fully saturated rings. The minimum atomic E-state index is -0.804. The van der Waals surface area contributed by atoms with Gasteiger partial charge in [0.2, 0.25) is 5.91 Å². The number of ether oxygens (including phenoxy) is 2. The van der Waals surface area contributed by atoms with E-state index in [0.29, 0.717) is 17.2 Å². The molecule has 1 aliphatic heterocycles. The van der Waals surface area contributed by atoms with E-state index in [1.54, 1.807) is 37.3 Å². The first kappa shape index (κ1) is 17.2. The van der Waals surface area contributed by atoms with E-state index >= 15 is 0 Å². The van der Waals surface area contributed by atoms with Crippen LogP contribution in [-0.2, 0) is 19.1 Å². The van der Waals surface area contributed by atoms with Crippen LogP contribution < -0.4 is 5.32 Å². The van der Waals surface area contributed by atoms with Crippen LogP contribution in [0.5, 0.6) is 0 Å². The molecule has 1 heterocycles. The smallest absolute Gasteiger partial charge is 0.254 e. The number of halogens is 1. The van der Waals surface area contributed by atoms with Crippen molar-refractivity contribution >= 4 is 23.4 Å². The lowest BCUT2D eigenvalue weighted by Gasteiger charge is -2.37. The van der Waals surface area contributed by atoms with E-state index in [9.17, 15) is 9.59 Å². The predicted octanol–water partition coefficient (Wildman–Crippen LogP) is 1.53. The maximum atomic E-state index is 13.0. The minimum Gasteiger partial charge on any atom is -0.382 e. The molecule has 24 heavy (non-hydrogen) atoms. The highest BCUT2D eigenvalue weighted by Gasteiger charge is 2.51. The quantitative estimate of drug-likeness (QED) is 0.872. The van der Waals surface area contributed by atoms with Crippen molar-refractivity contribution in [3.63, 3.8) is 0 Å². The van der Waals surface area contributed by atoms with Crippen LogP contribution in [0.2, 0.25) is 5.02 Å². The van der Waals surface area contributed by atoms with E-state index < -0.39 is 12.1 Å². The fourth-order valence-electron chi connectivity index (χ4n) is 3.15. The molecule has 0 bridgehead atoms. The molecule has 1 aromatic rings. The van der Waals surface area contributed by atoms with Gasteiger partial charge in [0, 0.05) is 19.2 Å². The molecule has 3 rings (SSSR count). The van der Waals surface area contributed by atoms with E-state index in [-0.39, 0.29) is 24.0 Å².